The Kier molecular flexibility index (Phi) is 4.50. The standard InChI is InChI=1S/C14H14ClF5N4O/c15-11-21-5-8-6-23(7-14(18,19)20)12(25)24(10(8)22-11)9-1-3-13(16,17)4-2-9/h5,9H,1-4,6-7H2. The summed E-state index contributed by atoms with van der Waals surface area (Å²) in [5, 5.41) is -0.165. The number of carbonyl (C=O) groups is 1. The minimum Gasteiger partial charge on any atom is -0.311 e. The quantitative estimate of drug-likeness (QED) is 0.572. The van der Waals surface area contributed by atoms with E-state index in [-0.39, 0.29) is 30.5 Å². The van der Waals surface area contributed by atoms with Crippen molar-refractivity contribution in [1.82, 2.24) is 14.9 Å². The van der Waals surface area contributed by atoms with Crippen molar-refractivity contribution >= 4 is 23.4 Å². The number of carbonyl (C=O) groups excluding carboxylic acids is 1. The fourth-order valence-corrected chi connectivity index (χ4v) is 3.29. The number of nitrogens with zero attached hydrogens (tertiary/aromatic N) is 4. The number of halogens is 6. The van der Waals surface area contributed by atoms with Gasteiger partial charge in [-0.05, 0) is 24.4 Å². The van der Waals surface area contributed by atoms with Gasteiger partial charge in [-0.2, -0.15) is 18.2 Å². The second-order valence-corrected chi connectivity index (χ2v) is 6.54. The van der Waals surface area contributed by atoms with Crippen LogP contribution in [-0.4, -0.2) is 45.6 Å². The van der Waals surface area contributed by atoms with E-state index >= 15 is 0 Å². The van der Waals surface area contributed by atoms with Crippen LogP contribution in [0.2, 0.25) is 5.28 Å². The SMILES string of the molecule is O=C1N(CC(F)(F)F)Cc2cnc(Cl)nc2N1C1CCC(F)(F)CC1. The number of rotatable bonds is 2. The van der Waals surface area contributed by atoms with Crippen molar-refractivity contribution in [2.24, 2.45) is 0 Å². The van der Waals surface area contributed by atoms with Crippen molar-refractivity contribution in [1.29, 1.82) is 0 Å². The Bertz CT molecular complexity index is 674. The van der Waals surface area contributed by atoms with Gasteiger partial charge in [-0.3, -0.25) is 4.90 Å². The monoisotopic (exact) mass is 384 g/mol. The van der Waals surface area contributed by atoms with Gasteiger partial charge in [0.25, 0.3) is 0 Å². The van der Waals surface area contributed by atoms with Crippen molar-refractivity contribution in [3.05, 3.63) is 17.0 Å². The second kappa shape index (κ2) is 6.22. The summed E-state index contributed by atoms with van der Waals surface area (Å²) in [4.78, 5) is 22.0. The van der Waals surface area contributed by atoms with E-state index in [9.17, 15) is 26.7 Å². The van der Waals surface area contributed by atoms with Crippen LogP contribution in [0.3, 0.4) is 0 Å². The molecule has 1 aromatic rings. The predicted octanol–water partition coefficient (Wildman–Crippen LogP) is 4.01. The van der Waals surface area contributed by atoms with Crippen LogP contribution in [0.4, 0.5) is 32.6 Å². The molecule has 0 radical (unpaired) electrons. The largest absolute Gasteiger partial charge is 0.406 e. The van der Waals surface area contributed by atoms with Crippen LogP contribution >= 0.6 is 11.6 Å². The van der Waals surface area contributed by atoms with Gasteiger partial charge in [0.15, 0.2) is 0 Å². The zero-order valence-corrected chi connectivity index (χ0v) is 13.6. The Morgan fingerprint density at radius 2 is 1.92 bits per heavy atom. The number of aromatic nitrogens is 2. The summed E-state index contributed by atoms with van der Waals surface area (Å²) in [6, 6.07) is -1.57. The van der Waals surface area contributed by atoms with E-state index in [0.29, 0.717) is 10.5 Å². The number of alkyl halides is 5. The molecule has 1 aliphatic carbocycles. The van der Waals surface area contributed by atoms with Gasteiger partial charge < -0.3 is 4.90 Å². The molecule has 0 atom stereocenters. The zero-order valence-electron chi connectivity index (χ0n) is 12.9. The van der Waals surface area contributed by atoms with Gasteiger partial charge >= 0.3 is 12.2 Å². The molecule has 11 heteroatoms. The molecule has 1 fully saturated rings. The smallest absolute Gasteiger partial charge is 0.311 e. The van der Waals surface area contributed by atoms with Gasteiger partial charge in [-0.25, -0.2) is 18.6 Å². The van der Waals surface area contributed by atoms with E-state index in [4.69, 9.17) is 11.6 Å². The van der Waals surface area contributed by atoms with Gasteiger partial charge in [-0.1, -0.05) is 0 Å². The summed E-state index contributed by atoms with van der Waals surface area (Å²) in [5.41, 5.74) is 0.297. The minimum atomic E-state index is -4.58. The van der Waals surface area contributed by atoms with Gasteiger partial charge in [-0.15, -0.1) is 0 Å². The van der Waals surface area contributed by atoms with E-state index in [1.54, 1.807) is 0 Å². The minimum absolute atomic E-state index is 0.0281. The molecule has 1 aliphatic heterocycles. The third-order valence-electron chi connectivity index (χ3n) is 4.30. The summed E-state index contributed by atoms with van der Waals surface area (Å²) >= 11 is 5.74. The first-order valence-corrected chi connectivity index (χ1v) is 7.98. The maximum atomic E-state index is 13.4. The molecular formula is C14H14ClF5N4O. The van der Waals surface area contributed by atoms with Crippen molar-refractivity contribution in [2.45, 2.75) is 50.4 Å². The third-order valence-corrected chi connectivity index (χ3v) is 4.48. The molecule has 3 rings (SSSR count). The Morgan fingerprint density at radius 1 is 1.28 bits per heavy atom. The van der Waals surface area contributed by atoms with Crippen LogP contribution in [0, 0.1) is 0 Å². The lowest BCUT2D eigenvalue weighted by Gasteiger charge is -2.42. The van der Waals surface area contributed by atoms with Crippen LogP contribution < -0.4 is 4.90 Å². The molecule has 0 bridgehead atoms. The van der Waals surface area contributed by atoms with Gasteiger partial charge in [0.1, 0.15) is 12.4 Å². The summed E-state index contributed by atoms with van der Waals surface area (Å²) in [6.45, 7) is -1.75. The average molecular weight is 385 g/mol. The highest BCUT2D eigenvalue weighted by Crippen LogP contribution is 2.39. The molecule has 2 aliphatic rings. The van der Waals surface area contributed by atoms with Crippen LogP contribution in [0.5, 0.6) is 0 Å². The zero-order chi connectivity index (χ0) is 18.4. The first-order chi connectivity index (χ1) is 11.6. The van der Waals surface area contributed by atoms with E-state index in [1.807, 2.05) is 0 Å². The molecule has 1 saturated carbocycles. The van der Waals surface area contributed by atoms with Crippen LogP contribution in [0.1, 0.15) is 31.2 Å². The number of amides is 2. The summed E-state index contributed by atoms with van der Waals surface area (Å²) in [5.74, 6) is -2.73. The normalized spacial score (nSPS) is 21.4. The molecule has 2 heterocycles. The molecule has 0 spiro atoms. The molecule has 138 valence electrons. The highest BCUT2D eigenvalue weighted by molar-refractivity contribution is 6.28. The van der Waals surface area contributed by atoms with E-state index in [1.165, 1.54) is 6.20 Å². The molecule has 0 saturated heterocycles. The predicted molar refractivity (Wildman–Crippen MR) is 78.6 cm³/mol. The number of hydrogen-bond donors (Lipinski definition) is 0. The fraction of sp³-hybridized carbons (Fsp3) is 0.643. The topological polar surface area (TPSA) is 49.3 Å². The van der Waals surface area contributed by atoms with Crippen molar-refractivity contribution < 1.29 is 26.7 Å². The molecule has 1 aromatic heterocycles. The maximum Gasteiger partial charge on any atom is 0.406 e. The van der Waals surface area contributed by atoms with Gasteiger partial charge in [0, 0.05) is 30.6 Å². The molecule has 0 unspecified atom stereocenters. The second-order valence-electron chi connectivity index (χ2n) is 6.20. The lowest BCUT2D eigenvalue weighted by Crippen LogP contribution is -2.55. The molecule has 25 heavy (non-hydrogen) atoms. The molecule has 0 aromatic carbocycles. The molecular weight excluding hydrogens is 371 g/mol. The summed E-state index contributed by atoms with van der Waals surface area (Å²) in [6.07, 6.45) is -4.25. The molecule has 2 amide bonds. The first-order valence-electron chi connectivity index (χ1n) is 7.60. The van der Waals surface area contributed by atoms with Crippen LogP contribution in [0.15, 0.2) is 6.20 Å². The summed E-state index contributed by atoms with van der Waals surface area (Å²) in [7, 11) is 0. The molecule has 5 nitrogen and oxygen atoms in total. The fourth-order valence-electron chi connectivity index (χ4n) is 3.17. The molecule has 0 N–H and O–H groups in total. The van der Waals surface area contributed by atoms with Gasteiger partial charge in [0.05, 0.1) is 6.54 Å². The Labute approximate surface area is 144 Å². The van der Waals surface area contributed by atoms with E-state index in [0.717, 1.165) is 4.90 Å². The van der Waals surface area contributed by atoms with Gasteiger partial charge in [0.2, 0.25) is 11.2 Å². The Hall–Kier alpha value is -1.71. The van der Waals surface area contributed by atoms with Crippen LogP contribution in [-0.2, 0) is 6.54 Å². The highest BCUT2D eigenvalue weighted by atomic mass is 35.5. The Balaban J connectivity index is 1.93. The van der Waals surface area contributed by atoms with Crippen LogP contribution in [0.25, 0.3) is 0 Å². The highest BCUT2D eigenvalue weighted by Gasteiger charge is 2.44. The van der Waals surface area contributed by atoms with Crippen molar-refractivity contribution in [3.8, 4) is 0 Å². The van der Waals surface area contributed by atoms with Crippen molar-refractivity contribution in [3.63, 3.8) is 0 Å². The number of fused-ring (bicyclic) bond motifs is 1. The third kappa shape index (κ3) is 3.94. The number of hydrogen-bond acceptors (Lipinski definition) is 3. The summed E-state index contributed by atoms with van der Waals surface area (Å²) < 4.78 is 65.1. The average Bonchev–Trinajstić information content (AvgIpc) is 2.48. The lowest BCUT2D eigenvalue weighted by molar-refractivity contribution is -0.141. The maximum absolute atomic E-state index is 13.4. The number of anilines is 1. The van der Waals surface area contributed by atoms with E-state index in [2.05, 4.69) is 9.97 Å². The first kappa shape index (κ1) is 18.1. The number of urea groups is 1. The van der Waals surface area contributed by atoms with Crippen molar-refractivity contribution in [2.75, 3.05) is 11.4 Å². The lowest BCUT2D eigenvalue weighted by atomic mass is 9.90. The Morgan fingerprint density at radius 3 is 2.52 bits per heavy atom. The van der Waals surface area contributed by atoms with E-state index < -0.39 is 43.6 Å².